The summed E-state index contributed by atoms with van der Waals surface area (Å²) in [6, 6.07) is 11.3. The third kappa shape index (κ3) is 2.35. The van der Waals surface area contributed by atoms with Crippen LogP contribution >= 0.6 is 0 Å². The average molecular weight is 194 g/mol. The van der Waals surface area contributed by atoms with Crippen LogP contribution in [-0.4, -0.2) is 4.98 Å². The van der Waals surface area contributed by atoms with E-state index in [2.05, 4.69) is 16.8 Å². The highest BCUT2D eigenvalue weighted by Crippen LogP contribution is 2.08. The Kier molecular flexibility index (Phi) is 2.66. The molecule has 0 aliphatic rings. The van der Waals surface area contributed by atoms with E-state index in [1.54, 1.807) is 12.4 Å². The minimum atomic E-state index is 0.707. The lowest BCUT2D eigenvalue weighted by Crippen LogP contribution is -1.88. The first-order chi connectivity index (χ1) is 7.36. The fourth-order valence-corrected chi connectivity index (χ4v) is 1.19. The molecule has 2 aromatic rings. The van der Waals surface area contributed by atoms with E-state index in [0.717, 1.165) is 11.1 Å². The summed E-state index contributed by atoms with van der Waals surface area (Å²) in [7, 11) is 0. The van der Waals surface area contributed by atoms with E-state index >= 15 is 0 Å². The molecule has 0 saturated carbocycles. The number of anilines is 1. The van der Waals surface area contributed by atoms with Gasteiger partial charge in [-0.3, -0.25) is 4.98 Å². The van der Waals surface area contributed by atoms with E-state index < -0.39 is 0 Å². The molecule has 0 aliphatic carbocycles. The molecule has 72 valence electrons. The summed E-state index contributed by atoms with van der Waals surface area (Å²) in [6.45, 7) is 0. The van der Waals surface area contributed by atoms with E-state index in [9.17, 15) is 0 Å². The standard InChI is InChI=1S/C13H10N2/c14-13-4-2-1-3-12(13)6-5-11-7-9-15-10-8-11/h1-4,7-10H,14H2. The molecule has 2 heteroatoms. The van der Waals surface area contributed by atoms with E-state index in [0.29, 0.717) is 5.69 Å². The summed E-state index contributed by atoms with van der Waals surface area (Å²) in [6.07, 6.45) is 3.44. The number of nitrogens with zero attached hydrogens (tertiary/aromatic N) is 1. The first-order valence-electron chi connectivity index (χ1n) is 4.63. The van der Waals surface area contributed by atoms with Crippen molar-refractivity contribution < 1.29 is 0 Å². The smallest absolute Gasteiger partial charge is 0.0478 e. The summed E-state index contributed by atoms with van der Waals surface area (Å²) >= 11 is 0. The molecule has 1 aromatic carbocycles. The number of nitrogen functional groups attached to an aromatic ring is 1. The molecule has 0 aliphatic heterocycles. The van der Waals surface area contributed by atoms with Crippen molar-refractivity contribution >= 4 is 5.69 Å². The van der Waals surface area contributed by atoms with E-state index in [1.165, 1.54) is 0 Å². The van der Waals surface area contributed by atoms with Crippen molar-refractivity contribution in [1.82, 2.24) is 4.98 Å². The second-order valence-electron chi connectivity index (χ2n) is 3.07. The summed E-state index contributed by atoms with van der Waals surface area (Å²) in [4.78, 5) is 3.93. The third-order valence-corrected chi connectivity index (χ3v) is 1.98. The van der Waals surface area contributed by atoms with Gasteiger partial charge < -0.3 is 5.73 Å². The highest BCUT2D eigenvalue weighted by Gasteiger charge is 1.91. The lowest BCUT2D eigenvalue weighted by atomic mass is 10.1. The highest BCUT2D eigenvalue weighted by molar-refractivity contribution is 5.57. The molecule has 0 radical (unpaired) electrons. The van der Waals surface area contributed by atoms with Gasteiger partial charge in [0.2, 0.25) is 0 Å². The zero-order valence-corrected chi connectivity index (χ0v) is 8.14. The molecule has 1 aromatic heterocycles. The second kappa shape index (κ2) is 4.30. The van der Waals surface area contributed by atoms with Gasteiger partial charge in [0.05, 0.1) is 0 Å². The molecule has 2 nitrogen and oxygen atoms in total. The molecule has 0 unspecified atom stereocenters. The predicted molar refractivity (Wildman–Crippen MR) is 61.1 cm³/mol. The van der Waals surface area contributed by atoms with Crippen LogP contribution in [0.4, 0.5) is 5.69 Å². The molecule has 0 amide bonds. The number of hydrogen-bond donors (Lipinski definition) is 1. The number of benzene rings is 1. The molecule has 1 heterocycles. The van der Waals surface area contributed by atoms with Crippen LogP contribution in [0.5, 0.6) is 0 Å². The molecular weight excluding hydrogens is 184 g/mol. The number of rotatable bonds is 0. The van der Waals surface area contributed by atoms with Crippen molar-refractivity contribution in [2.45, 2.75) is 0 Å². The largest absolute Gasteiger partial charge is 0.398 e. The Hall–Kier alpha value is -2.27. The summed E-state index contributed by atoms with van der Waals surface area (Å²) in [5.74, 6) is 6.06. The van der Waals surface area contributed by atoms with E-state index in [4.69, 9.17) is 5.73 Å². The van der Waals surface area contributed by atoms with Gasteiger partial charge in [0, 0.05) is 29.2 Å². The number of hydrogen-bond acceptors (Lipinski definition) is 2. The van der Waals surface area contributed by atoms with Crippen molar-refractivity contribution in [3.05, 3.63) is 59.9 Å². The van der Waals surface area contributed by atoms with Crippen molar-refractivity contribution in [1.29, 1.82) is 0 Å². The van der Waals surface area contributed by atoms with E-state index in [1.807, 2.05) is 36.4 Å². The maximum absolute atomic E-state index is 5.77. The van der Waals surface area contributed by atoms with Crippen LogP contribution in [0.15, 0.2) is 48.8 Å². The lowest BCUT2D eigenvalue weighted by molar-refractivity contribution is 1.32. The van der Waals surface area contributed by atoms with Gasteiger partial charge in [0.25, 0.3) is 0 Å². The van der Waals surface area contributed by atoms with Gasteiger partial charge in [0.1, 0.15) is 0 Å². The van der Waals surface area contributed by atoms with Crippen LogP contribution in [0.1, 0.15) is 11.1 Å². The summed E-state index contributed by atoms with van der Waals surface area (Å²) in [5, 5.41) is 0. The normalized spacial score (nSPS) is 9.07. The zero-order valence-electron chi connectivity index (χ0n) is 8.14. The lowest BCUT2D eigenvalue weighted by Gasteiger charge is -1.94. The Morgan fingerprint density at radius 3 is 2.40 bits per heavy atom. The van der Waals surface area contributed by atoms with Crippen molar-refractivity contribution in [3.8, 4) is 11.8 Å². The van der Waals surface area contributed by atoms with Crippen molar-refractivity contribution in [3.63, 3.8) is 0 Å². The predicted octanol–water partition coefficient (Wildman–Crippen LogP) is 2.06. The van der Waals surface area contributed by atoms with Gasteiger partial charge in [-0.2, -0.15) is 0 Å². The molecule has 2 N–H and O–H groups in total. The Morgan fingerprint density at radius 2 is 1.67 bits per heavy atom. The van der Waals surface area contributed by atoms with E-state index in [-0.39, 0.29) is 0 Å². The minimum absolute atomic E-state index is 0.707. The zero-order chi connectivity index (χ0) is 10.5. The summed E-state index contributed by atoms with van der Waals surface area (Å²) < 4.78 is 0. The van der Waals surface area contributed by atoms with Gasteiger partial charge in [-0.1, -0.05) is 24.0 Å². The van der Waals surface area contributed by atoms with Crippen molar-refractivity contribution in [2.75, 3.05) is 5.73 Å². The maximum atomic E-state index is 5.77. The minimum Gasteiger partial charge on any atom is -0.398 e. The molecule has 2 rings (SSSR count). The van der Waals surface area contributed by atoms with Gasteiger partial charge in [-0.15, -0.1) is 0 Å². The third-order valence-electron chi connectivity index (χ3n) is 1.98. The molecule has 15 heavy (non-hydrogen) atoms. The van der Waals surface area contributed by atoms with Crippen LogP contribution in [0.2, 0.25) is 0 Å². The van der Waals surface area contributed by atoms with Crippen molar-refractivity contribution in [2.24, 2.45) is 0 Å². The monoisotopic (exact) mass is 194 g/mol. The Labute approximate surface area is 88.8 Å². The van der Waals surface area contributed by atoms with Gasteiger partial charge in [-0.25, -0.2) is 0 Å². The van der Waals surface area contributed by atoms with Gasteiger partial charge in [0.15, 0.2) is 0 Å². The average Bonchev–Trinajstić information content (AvgIpc) is 2.29. The number of pyridine rings is 1. The van der Waals surface area contributed by atoms with Crippen LogP contribution in [0.25, 0.3) is 0 Å². The Bertz CT molecular complexity index is 507. The molecule has 0 saturated heterocycles. The number of nitrogens with two attached hydrogens (primary N) is 1. The highest BCUT2D eigenvalue weighted by atomic mass is 14.6. The summed E-state index contributed by atoms with van der Waals surface area (Å²) in [5.41, 5.74) is 8.27. The van der Waals surface area contributed by atoms with Gasteiger partial charge in [-0.05, 0) is 24.3 Å². The molecule has 0 fully saturated rings. The molecule has 0 atom stereocenters. The van der Waals surface area contributed by atoms with Gasteiger partial charge >= 0.3 is 0 Å². The molecule has 0 bridgehead atoms. The Morgan fingerprint density at radius 1 is 0.933 bits per heavy atom. The second-order valence-corrected chi connectivity index (χ2v) is 3.07. The number of para-hydroxylation sites is 1. The fourth-order valence-electron chi connectivity index (χ4n) is 1.19. The van der Waals surface area contributed by atoms with Crippen LogP contribution in [-0.2, 0) is 0 Å². The SMILES string of the molecule is Nc1ccccc1C#Cc1ccncc1. The first kappa shape index (κ1) is 9.29. The molecule has 0 spiro atoms. The fraction of sp³-hybridized carbons (Fsp3) is 0. The molecular formula is C13H10N2. The first-order valence-corrected chi connectivity index (χ1v) is 4.63. The topological polar surface area (TPSA) is 38.9 Å². The van der Waals surface area contributed by atoms with Crippen LogP contribution in [0, 0.1) is 11.8 Å². The quantitative estimate of drug-likeness (QED) is 0.515. The Balaban J connectivity index is 2.31. The maximum Gasteiger partial charge on any atom is 0.0478 e. The van der Waals surface area contributed by atoms with Crippen LogP contribution in [0.3, 0.4) is 0 Å². The number of aromatic nitrogens is 1. The van der Waals surface area contributed by atoms with Crippen LogP contribution < -0.4 is 5.73 Å².